The highest BCUT2D eigenvalue weighted by Crippen LogP contribution is 2.57. The van der Waals surface area contributed by atoms with E-state index >= 15 is 4.39 Å². The summed E-state index contributed by atoms with van der Waals surface area (Å²) in [6, 6.07) is 0. The number of nitrogen functional groups attached to an aromatic ring is 2. The van der Waals surface area contributed by atoms with E-state index in [1.807, 2.05) is 0 Å². The first-order valence-electron chi connectivity index (χ1n) is 10.5. The van der Waals surface area contributed by atoms with Gasteiger partial charge in [-0.05, 0) is 0 Å². The van der Waals surface area contributed by atoms with Gasteiger partial charge in [0.05, 0.1) is 25.7 Å². The minimum atomic E-state index is -4.36. The summed E-state index contributed by atoms with van der Waals surface area (Å²) in [5, 5.41) is 24.0. The van der Waals surface area contributed by atoms with Crippen LogP contribution in [-0.4, -0.2) is 80.9 Å². The number of halogens is 1. The van der Waals surface area contributed by atoms with E-state index in [2.05, 4.69) is 42.3 Å². The summed E-state index contributed by atoms with van der Waals surface area (Å²) in [4.78, 5) is 30.1. The molecule has 20 heteroatoms. The van der Waals surface area contributed by atoms with Crippen molar-refractivity contribution >= 4 is 47.8 Å². The van der Waals surface area contributed by atoms with E-state index < -0.39 is 56.3 Å². The fourth-order valence-electron chi connectivity index (χ4n) is 3.83. The van der Waals surface area contributed by atoms with E-state index in [9.17, 15) is 19.6 Å². The Labute approximate surface area is 210 Å². The number of aliphatic hydroxyl groups excluding tert-OH is 2. The number of aromatic amines is 1. The molecule has 1 aliphatic heterocycles. The average molecular weight is 558 g/mol. The Bertz CT molecular complexity index is 1560. The van der Waals surface area contributed by atoms with Crippen LogP contribution in [0.15, 0.2) is 23.6 Å². The summed E-state index contributed by atoms with van der Waals surface area (Å²) in [5.74, 6) is -0.209. The molecule has 37 heavy (non-hydrogen) atoms. The average Bonchev–Trinajstić information content (AvgIpc) is 3.54. The van der Waals surface area contributed by atoms with Crippen LogP contribution in [0.2, 0.25) is 0 Å². The SMILES string of the molecule is Nc1nc2c(ncn2[C@@H]2O[C@H](CO)[C@@H](F)[C@H]2OP(=O)(S)OC[C@@H](O)c2cnn3c(N)ncnc23)c(=O)[nH]1. The first-order chi connectivity index (χ1) is 17.6. The van der Waals surface area contributed by atoms with Gasteiger partial charge in [0.15, 0.2) is 29.2 Å². The number of H-pyrrole nitrogens is 1. The minimum Gasteiger partial charge on any atom is -0.394 e. The molecule has 1 aliphatic rings. The molecule has 4 aromatic heterocycles. The van der Waals surface area contributed by atoms with Crippen LogP contribution in [0.1, 0.15) is 17.9 Å². The lowest BCUT2D eigenvalue weighted by molar-refractivity contribution is -0.0471. The third-order valence-corrected chi connectivity index (χ3v) is 7.15. The number of alkyl halides is 1. The van der Waals surface area contributed by atoms with Gasteiger partial charge in [0.1, 0.15) is 24.6 Å². The summed E-state index contributed by atoms with van der Waals surface area (Å²) in [7, 11) is 0. The topological polar surface area (TPSA) is 244 Å². The van der Waals surface area contributed by atoms with Crippen LogP contribution in [0.3, 0.4) is 0 Å². The van der Waals surface area contributed by atoms with E-state index in [1.54, 1.807) is 0 Å². The monoisotopic (exact) mass is 558 g/mol. The molecule has 1 saturated heterocycles. The number of anilines is 2. The second-order valence-corrected chi connectivity index (χ2v) is 10.8. The van der Waals surface area contributed by atoms with Crippen LogP contribution >= 0.6 is 19.0 Å². The molecule has 5 heterocycles. The molecule has 0 spiro atoms. The number of imidazole rings is 1. The number of rotatable bonds is 8. The second kappa shape index (κ2) is 9.60. The molecule has 1 fully saturated rings. The Hall–Kier alpha value is -3.19. The smallest absolute Gasteiger partial charge is 0.386 e. The largest absolute Gasteiger partial charge is 0.394 e. The van der Waals surface area contributed by atoms with E-state index in [0.29, 0.717) is 0 Å². The van der Waals surface area contributed by atoms with Crippen molar-refractivity contribution in [1.82, 2.24) is 39.1 Å². The maximum Gasteiger partial charge on any atom is 0.386 e. The van der Waals surface area contributed by atoms with Crippen molar-refractivity contribution in [3.8, 4) is 0 Å². The van der Waals surface area contributed by atoms with Crippen molar-refractivity contribution in [3.63, 3.8) is 0 Å². The highest BCUT2D eigenvalue weighted by atomic mass is 32.7. The highest BCUT2D eigenvalue weighted by molar-refractivity contribution is 8.44. The summed E-state index contributed by atoms with van der Waals surface area (Å²) < 4.78 is 46.6. The summed E-state index contributed by atoms with van der Waals surface area (Å²) in [5.41, 5.74) is 10.8. The zero-order valence-electron chi connectivity index (χ0n) is 18.5. The highest BCUT2D eigenvalue weighted by Gasteiger charge is 2.50. The molecule has 5 rings (SSSR count). The molecular formula is C17H20FN10O7PS. The summed E-state index contributed by atoms with van der Waals surface area (Å²) in [6.07, 6.45) is -4.24. The third-order valence-electron chi connectivity index (χ3n) is 5.54. The zero-order chi connectivity index (χ0) is 26.5. The normalized spacial score (nSPS) is 24.5. The van der Waals surface area contributed by atoms with Gasteiger partial charge in [0.2, 0.25) is 11.9 Å². The zero-order valence-corrected chi connectivity index (χ0v) is 20.3. The van der Waals surface area contributed by atoms with E-state index in [-0.39, 0.29) is 34.3 Å². The maximum atomic E-state index is 15.2. The molecular weight excluding hydrogens is 538 g/mol. The second-order valence-electron chi connectivity index (χ2n) is 7.88. The number of hydrogen-bond acceptors (Lipinski definition) is 14. The predicted molar refractivity (Wildman–Crippen MR) is 126 cm³/mol. The van der Waals surface area contributed by atoms with Gasteiger partial charge in [-0.1, -0.05) is 12.2 Å². The molecule has 7 N–H and O–H groups in total. The van der Waals surface area contributed by atoms with Crippen molar-refractivity contribution < 1.29 is 33.0 Å². The number of fused-ring (bicyclic) bond motifs is 2. The Balaban J connectivity index is 1.37. The molecule has 17 nitrogen and oxygen atoms in total. The molecule has 0 aliphatic carbocycles. The fourth-order valence-corrected chi connectivity index (χ4v) is 5.28. The van der Waals surface area contributed by atoms with Crippen molar-refractivity contribution in [2.75, 3.05) is 24.7 Å². The number of nitrogens with two attached hydrogens (primary N) is 2. The number of aromatic nitrogens is 8. The summed E-state index contributed by atoms with van der Waals surface area (Å²) >= 11 is 3.90. The Morgan fingerprint density at radius 1 is 1.32 bits per heavy atom. The van der Waals surface area contributed by atoms with Crippen LogP contribution in [0.5, 0.6) is 0 Å². The minimum absolute atomic E-state index is 0.0255. The Morgan fingerprint density at radius 3 is 2.86 bits per heavy atom. The fraction of sp³-hybridized carbons (Fsp3) is 0.412. The molecule has 0 amide bonds. The Kier molecular flexibility index (Phi) is 6.61. The molecule has 1 unspecified atom stereocenters. The van der Waals surface area contributed by atoms with Crippen molar-refractivity contribution in [1.29, 1.82) is 0 Å². The molecule has 6 atom stereocenters. The lowest BCUT2D eigenvalue weighted by Crippen LogP contribution is -2.31. The van der Waals surface area contributed by atoms with Gasteiger partial charge >= 0.3 is 6.80 Å². The molecule has 4 aromatic rings. The van der Waals surface area contributed by atoms with E-state index in [0.717, 1.165) is 10.9 Å². The van der Waals surface area contributed by atoms with Crippen LogP contribution in [0.25, 0.3) is 16.8 Å². The van der Waals surface area contributed by atoms with Crippen LogP contribution in [0.4, 0.5) is 16.3 Å². The molecule has 0 aromatic carbocycles. The van der Waals surface area contributed by atoms with Gasteiger partial charge < -0.3 is 26.4 Å². The lowest BCUT2D eigenvalue weighted by atomic mass is 10.1. The number of nitrogens with one attached hydrogen (secondary N) is 1. The number of aliphatic hydroxyl groups is 2. The van der Waals surface area contributed by atoms with Crippen molar-refractivity contribution in [2.24, 2.45) is 0 Å². The van der Waals surface area contributed by atoms with Crippen LogP contribution in [-0.2, 0) is 18.3 Å². The maximum absolute atomic E-state index is 15.2. The number of ether oxygens (including phenoxy) is 1. The van der Waals surface area contributed by atoms with E-state index in [4.69, 9.17) is 25.3 Å². The third kappa shape index (κ3) is 4.65. The van der Waals surface area contributed by atoms with Gasteiger partial charge in [-0.25, -0.2) is 23.9 Å². The molecule has 0 bridgehead atoms. The predicted octanol–water partition coefficient (Wildman–Crippen LogP) is -0.877. The van der Waals surface area contributed by atoms with Gasteiger partial charge in [-0.2, -0.15) is 14.6 Å². The number of nitrogens with zero attached hydrogens (tertiary/aromatic N) is 7. The number of thiol groups is 1. The Morgan fingerprint density at radius 2 is 2.11 bits per heavy atom. The number of hydrogen-bond donors (Lipinski definition) is 6. The van der Waals surface area contributed by atoms with Gasteiger partial charge in [0, 0.05) is 5.56 Å². The van der Waals surface area contributed by atoms with Crippen molar-refractivity contribution in [3.05, 3.63) is 34.8 Å². The summed E-state index contributed by atoms with van der Waals surface area (Å²) in [6.45, 7) is -5.70. The molecule has 0 radical (unpaired) electrons. The van der Waals surface area contributed by atoms with Crippen molar-refractivity contribution in [2.45, 2.75) is 30.7 Å². The standard InChI is InChI=1S/C17H20FN10O7PS/c18-9-8(2-29)34-15(27-5-23-10-13(27)25-16(19)26-14(10)31)11(9)35-36(32,37)33-3-7(30)6-1-24-28-12(6)21-4-22-17(28)20/h1,4-5,7-9,11,15,29-30H,2-3H2,(H,32,37)(H2,20,21,22)(H3,19,25,26,31)/t7-,8-,9-,11-,15-,36?/m1/s1. The van der Waals surface area contributed by atoms with Crippen LogP contribution < -0.4 is 17.0 Å². The lowest BCUT2D eigenvalue weighted by Gasteiger charge is -2.24. The molecule has 198 valence electrons. The van der Waals surface area contributed by atoms with Gasteiger partial charge in [0.25, 0.3) is 5.56 Å². The molecule has 0 saturated carbocycles. The first-order valence-corrected chi connectivity index (χ1v) is 13.2. The van der Waals surface area contributed by atoms with Gasteiger partial charge in [-0.15, -0.1) is 0 Å². The first kappa shape index (κ1) is 25.5. The van der Waals surface area contributed by atoms with E-state index in [1.165, 1.54) is 17.0 Å². The van der Waals surface area contributed by atoms with Crippen LogP contribution in [0, 0.1) is 0 Å². The quantitative estimate of drug-likeness (QED) is 0.114. The van der Waals surface area contributed by atoms with Gasteiger partial charge in [-0.3, -0.25) is 23.4 Å².